The molecule has 3 heterocycles. The molecular weight excluding hydrogens is 442 g/mol. The van der Waals surface area contributed by atoms with Crippen LogP contribution < -0.4 is 15.0 Å². The van der Waals surface area contributed by atoms with Crippen LogP contribution in [-0.4, -0.2) is 39.4 Å². The summed E-state index contributed by atoms with van der Waals surface area (Å²) in [5.74, 6) is 1.15. The van der Waals surface area contributed by atoms with Crippen molar-refractivity contribution in [1.29, 1.82) is 0 Å². The maximum atomic E-state index is 13.0. The molecule has 1 unspecified atom stereocenters. The van der Waals surface area contributed by atoms with E-state index in [1.165, 1.54) is 10.6 Å². The van der Waals surface area contributed by atoms with Gasteiger partial charge in [0.1, 0.15) is 30.8 Å². The van der Waals surface area contributed by atoms with Crippen molar-refractivity contribution < 1.29 is 14.1 Å². The lowest BCUT2D eigenvalue weighted by atomic mass is 10.2. The molecule has 1 aromatic carbocycles. The number of likely N-dealkylation sites (tertiary alicyclic amines) is 1. The molecule has 0 saturated carbocycles. The Labute approximate surface area is 198 Å². The van der Waals surface area contributed by atoms with Gasteiger partial charge in [0.15, 0.2) is 0 Å². The lowest BCUT2D eigenvalue weighted by molar-refractivity contribution is -0.913. The molecule has 0 N–H and O–H groups in total. The van der Waals surface area contributed by atoms with E-state index >= 15 is 0 Å². The summed E-state index contributed by atoms with van der Waals surface area (Å²) in [5, 5.41) is 13.6. The quantitative estimate of drug-likeness (QED) is 0.352. The molecule has 0 bridgehead atoms. The van der Waals surface area contributed by atoms with Gasteiger partial charge in [0, 0.05) is 37.0 Å². The van der Waals surface area contributed by atoms with Crippen LogP contribution in [0.1, 0.15) is 32.4 Å². The van der Waals surface area contributed by atoms with Crippen molar-refractivity contribution in [1.82, 2.24) is 9.55 Å². The van der Waals surface area contributed by atoms with Crippen LogP contribution in [0.15, 0.2) is 65.7 Å². The Balaban J connectivity index is 1.37. The molecule has 33 heavy (non-hydrogen) atoms. The number of hydrogen-bond donors (Lipinski definition) is 0. The third kappa shape index (κ3) is 5.38. The van der Waals surface area contributed by atoms with Crippen molar-refractivity contribution in [2.75, 3.05) is 13.2 Å². The first-order chi connectivity index (χ1) is 15.8. The molecule has 1 saturated heterocycles. The number of nitrogens with zero attached hydrogens (tertiary/aromatic N) is 3. The maximum absolute atomic E-state index is 13.0. The number of halogens is 1. The molecule has 2 atom stereocenters. The Morgan fingerprint density at radius 1 is 1.15 bits per heavy atom. The average Bonchev–Trinajstić information content (AvgIpc) is 3.20. The summed E-state index contributed by atoms with van der Waals surface area (Å²) in [6, 6.07) is 14.0. The first-order valence-corrected chi connectivity index (χ1v) is 11.5. The summed E-state index contributed by atoms with van der Waals surface area (Å²) in [4.78, 5) is 16.8. The third-order valence-corrected chi connectivity index (χ3v) is 6.38. The zero-order valence-corrected chi connectivity index (χ0v) is 19.6. The average molecular weight is 470 g/mol. The van der Waals surface area contributed by atoms with Gasteiger partial charge in [-0.1, -0.05) is 11.6 Å². The lowest BCUT2D eigenvalue weighted by Crippen LogP contribution is -2.53. The van der Waals surface area contributed by atoms with Gasteiger partial charge < -0.3 is 19.3 Å². The molecule has 2 aromatic heterocycles. The number of benzene rings is 1. The molecule has 4 rings (SSSR count). The number of ether oxygens (including phenoxy) is 2. The van der Waals surface area contributed by atoms with Crippen LogP contribution in [0.5, 0.6) is 11.5 Å². The monoisotopic (exact) mass is 469 g/mol. The Kier molecular flexibility index (Phi) is 7.02. The van der Waals surface area contributed by atoms with Crippen molar-refractivity contribution in [2.24, 2.45) is 0 Å². The maximum Gasteiger partial charge on any atom is 0.258 e. The molecule has 0 spiro atoms. The fourth-order valence-corrected chi connectivity index (χ4v) is 4.28. The molecule has 1 fully saturated rings. The van der Waals surface area contributed by atoms with Crippen LogP contribution in [-0.2, 0) is 6.61 Å². The molecule has 0 amide bonds. The fourth-order valence-electron chi connectivity index (χ4n) is 4.17. The van der Waals surface area contributed by atoms with Crippen LogP contribution in [0, 0.1) is 5.21 Å². The first kappa shape index (κ1) is 23.3. The minimum Gasteiger partial charge on any atom is -0.632 e. The van der Waals surface area contributed by atoms with Gasteiger partial charge in [0.05, 0.1) is 23.3 Å². The van der Waals surface area contributed by atoms with Gasteiger partial charge in [-0.2, -0.15) is 0 Å². The molecule has 0 aliphatic carbocycles. The van der Waals surface area contributed by atoms with Gasteiger partial charge in [0.25, 0.3) is 5.56 Å². The van der Waals surface area contributed by atoms with Gasteiger partial charge >= 0.3 is 0 Å². The van der Waals surface area contributed by atoms with Gasteiger partial charge in [-0.15, -0.1) is 0 Å². The second-order valence-corrected chi connectivity index (χ2v) is 9.04. The SMILES string of the molecule is CC(C)[N+]1([O-])CCC[C@H]1COc1ccc(-n2ccc(OCc3ccc(Cl)cn3)cc2=O)cc1. The highest BCUT2D eigenvalue weighted by atomic mass is 35.5. The summed E-state index contributed by atoms with van der Waals surface area (Å²) in [6.07, 6.45) is 5.05. The normalized spacial score (nSPS) is 20.2. The summed E-state index contributed by atoms with van der Waals surface area (Å²) in [5.41, 5.74) is 1.23. The Morgan fingerprint density at radius 2 is 1.94 bits per heavy atom. The summed E-state index contributed by atoms with van der Waals surface area (Å²) in [6.45, 7) is 5.25. The van der Waals surface area contributed by atoms with Crippen molar-refractivity contribution >= 4 is 11.6 Å². The van der Waals surface area contributed by atoms with Gasteiger partial charge in [0.2, 0.25) is 0 Å². The Bertz CT molecular complexity index is 1130. The van der Waals surface area contributed by atoms with Crippen molar-refractivity contribution in [3.05, 3.63) is 87.2 Å². The fraction of sp³-hybridized carbons (Fsp3) is 0.360. The van der Waals surface area contributed by atoms with Gasteiger partial charge in [-0.25, -0.2) is 0 Å². The highest BCUT2D eigenvalue weighted by Crippen LogP contribution is 2.29. The number of rotatable bonds is 8. The van der Waals surface area contributed by atoms with E-state index in [0.29, 0.717) is 29.7 Å². The van der Waals surface area contributed by atoms with Crippen LogP contribution >= 0.6 is 11.6 Å². The first-order valence-electron chi connectivity index (χ1n) is 11.1. The molecule has 8 heteroatoms. The van der Waals surface area contributed by atoms with E-state index in [1.54, 1.807) is 30.6 Å². The zero-order valence-electron chi connectivity index (χ0n) is 18.8. The lowest BCUT2D eigenvalue weighted by Gasteiger charge is -2.47. The largest absolute Gasteiger partial charge is 0.632 e. The topological polar surface area (TPSA) is 76.4 Å². The van der Waals surface area contributed by atoms with E-state index in [4.69, 9.17) is 21.1 Å². The third-order valence-electron chi connectivity index (χ3n) is 6.16. The van der Waals surface area contributed by atoms with Crippen molar-refractivity contribution in [3.63, 3.8) is 0 Å². The van der Waals surface area contributed by atoms with E-state index in [9.17, 15) is 10.0 Å². The number of aromatic nitrogens is 2. The van der Waals surface area contributed by atoms with Crippen LogP contribution in [0.2, 0.25) is 5.02 Å². The molecular formula is C25H28ClN3O4. The molecule has 1 aliphatic heterocycles. The van der Waals surface area contributed by atoms with E-state index in [-0.39, 0.29) is 28.9 Å². The van der Waals surface area contributed by atoms with Crippen molar-refractivity contribution in [3.8, 4) is 17.2 Å². The smallest absolute Gasteiger partial charge is 0.258 e. The minimum absolute atomic E-state index is 0.0322. The van der Waals surface area contributed by atoms with E-state index in [1.807, 2.05) is 38.1 Å². The van der Waals surface area contributed by atoms with E-state index in [0.717, 1.165) is 24.2 Å². The number of quaternary nitrogens is 1. The zero-order chi connectivity index (χ0) is 23.4. The number of pyridine rings is 2. The number of hydrogen-bond acceptors (Lipinski definition) is 5. The molecule has 0 radical (unpaired) electrons. The summed E-state index contributed by atoms with van der Waals surface area (Å²) < 4.78 is 12.9. The van der Waals surface area contributed by atoms with Crippen LogP contribution in [0.4, 0.5) is 0 Å². The van der Waals surface area contributed by atoms with E-state index < -0.39 is 0 Å². The van der Waals surface area contributed by atoms with Crippen LogP contribution in [0.3, 0.4) is 0 Å². The van der Waals surface area contributed by atoms with Gasteiger partial charge in [-0.05, 0) is 56.3 Å². The molecule has 174 valence electrons. The Morgan fingerprint density at radius 3 is 2.61 bits per heavy atom. The standard InChI is InChI=1S/C25H28ClN3O4/c1-18(2)29(31)13-3-4-22(29)17-33-23-9-7-21(8-10-23)28-12-11-24(14-25(28)30)32-16-20-6-5-19(26)15-27-20/h5-12,14-15,18,22H,3-4,13,16-17H2,1-2H3/t22-,29?/m0/s1. The molecule has 3 aromatic rings. The highest BCUT2D eigenvalue weighted by Gasteiger charge is 2.37. The Hall–Kier alpha value is -2.87. The van der Waals surface area contributed by atoms with Gasteiger partial charge in [-0.3, -0.25) is 14.3 Å². The number of hydroxylamine groups is 3. The predicted octanol–water partition coefficient (Wildman–Crippen LogP) is 4.73. The predicted molar refractivity (Wildman–Crippen MR) is 128 cm³/mol. The second kappa shape index (κ2) is 9.95. The van der Waals surface area contributed by atoms with Crippen molar-refractivity contribution in [2.45, 2.75) is 45.4 Å². The highest BCUT2D eigenvalue weighted by molar-refractivity contribution is 6.30. The minimum atomic E-state index is -0.207. The van der Waals surface area contributed by atoms with E-state index in [2.05, 4.69) is 4.98 Å². The van der Waals surface area contributed by atoms with Crippen LogP contribution in [0.25, 0.3) is 5.69 Å². The second-order valence-electron chi connectivity index (χ2n) is 8.60. The molecule has 7 nitrogen and oxygen atoms in total. The summed E-state index contributed by atoms with van der Waals surface area (Å²) in [7, 11) is 0. The molecule has 1 aliphatic rings. The summed E-state index contributed by atoms with van der Waals surface area (Å²) >= 11 is 5.84.